The van der Waals surface area contributed by atoms with E-state index in [9.17, 15) is 9.59 Å². The van der Waals surface area contributed by atoms with E-state index in [1.807, 2.05) is 79.7 Å². The van der Waals surface area contributed by atoms with Crippen LogP contribution >= 0.6 is 0 Å². The molecule has 0 fully saturated rings. The van der Waals surface area contributed by atoms with Crippen LogP contribution in [0, 0.1) is 0 Å². The van der Waals surface area contributed by atoms with Gasteiger partial charge in [-0.15, -0.1) is 0 Å². The summed E-state index contributed by atoms with van der Waals surface area (Å²) in [6, 6.07) is 24.5. The van der Waals surface area contributed by atoms with Gasteiger partial charge in [-0.2, -0.15) is 5.10 Å². The van der Waals surface area contributed by atoms with Gasteiger partial charge >= 0.3 is 5.97 Å². The van der Waals surface area contributed by atoms with Crippen molar-refractivity contribution < 1.29 is 14.3 Å². The van der Waals surface area contributed by atoms with E-state index in [1.54, 1.807) is 4.90 Å². The molecule has 0 saturated carbocycles. The van der Waals surface area contributed by atoms with Gasteiger partial charge in [0.25, 0.3) is 5.91 Å². The highest BCUT2D eigenvalue weighted by Gasteiger charge is 2.25. The molecule has 4 aromatic rings. The highest BCUT2D eigenvalue weighted by Crippen LogP contribution is 2.28. The maximum atomic E-state index is 13.7. The summed E-state index contributed by atoms with van der Waals surface area (Å²) in [5.74, 6) is -0.840. The first kappa shape index (κ1) is 19.4. The number of anilines is 1. The minimum atomic E-state index is -0.591. The van der Waals surface area contributed by atoms with Crippen LogP contribution in [0.3, 0.4) is 0 Å². The van der Waals surface area contributed by atoms with Crippen molar-refractivity contribution in [1.82, 2.24) is 9.78 Å². The predicted octanol–water partition coefficient (Wildman–Crippen LogP) is 4.48. The number of esters is 1. The Morgan fingerprint density at radius 1 is 0.967 bits per heavy atom. The van der Waals surface area contributed by atoms with Gasteiger partial charge in [0.05, 0.1) is 18.5 Å². The number of hydrogen-bond donors (Lipinski definition) is 0. The van der Waals surface area contributed by atoms with Gasteiger partial charge in [0.15, 0.2) is 5.69 Å². The lowest BCUT2D eigenvalue weighted by atomic mass is 10.1. The average Bonchev–Trinajstić information content (AvgIpc) is 3.25. The second-order valence-corrected chi connectivity index (χ2v) is 6.70. The van der Waals surface area contributed by atoms with Crippen molar-refractivity contribution >= 4 is 28.3 Å². The van der Waals surface area contributed by atoms with E-state index in [4.69, 9.17) is 4.74 Å². The molecule has 3 aromatic carbocycles. The maximum absolute atomic E-state index is 13.7. The van der Waals surface area contributed by atoms with Crippen LogP contribution in [0.1, 0.15) is 27.9 Å². The van der Waals surface area contributed by atoms with Gasteiger partial charge in [0.2, 0.25) is 0 Å². The smallest absolute Gasteiger partial charge is 0.358 e. The molecule has 0 spiro atoms. The van der Waals surface area contributed by atoms with Crippen LogP contribution in [-0.4, -0.2) is 35.3 Å². The monoisotopic (exact) mass is 399 g/mol. The van der Waals surface area contributed by atoms with Gasteiger partial charge in [-0.1, -0.05) is 54.6 Å². The third-order valence-electron chi connectivity index (χ3n) is 4.94. The van der Waals surface area contributed by atoms with Crippen LogP contribution < -0.4 is 4.90 Å². The molecule has 4 rings (SSSR count). The van der Waals surface area contributed by atoms with Crippen molar-refractivity contribution in [1.29, 1.82) is 0 Å². The fraction of sp³-hybridized carbons (Fsp3) is 0.125. The molecule has 0 N–H and O–H groups in total. The standard InChI is InChI=1S/C24H21N3O3/c1-3-26(21-15-9-11-17-10-7-8-14-19(17)21)23(28)22-16-20(24(29)30-2)25-27(22)18-12-5-4-6-13-18/h4-16H,3H2,1-2H3. The molecule has 1 amide bonds. The Bertz CT molecular complexity index is 1210. The van der Waals surface area contributed by atoms with Crippen LogP contribution in [0.4, 0.5) is 5.69 Å². The predicted molar refractivity (Wildman–Crippen MR) is 116 cm³/mol. The average molecular weight is 399 g/mol. The molecule has 0 aliphatic heterocycles. The zero-order chi connectivity index (χ0) is 21.1. The SMILES string of the molecule is CCN(C(=O)c1cc(C(=O)OC)nn1-c1ccccc1)c1cccc2ccccc12. The largest absolute Gasteiger partial charge is 0.464 e. The normalized spacial score (nSPS) is 10.7. The number of rotatable bonds is 5. The third kappa shape index (κ3) is 3.43. The fourth-order valence-electron chi connectivity index (χ4n) is 3.51. The highest BCUT2D eigenvalue weighted by molar-refractivity contribution is 6.11. The summed E-state index contributed by atoms with van der Waals surface area (Å²) >= 11 is 0. The van der Waals surface area contributed by atoms with E-state index in [1.165, 1.54) is 17.9 Å². The van der Waals surface area contributed by atoms with E-state index in [0.29, 0.717) is 12.2 Å². The molecule has 150 valence electrons. The quantitative estimate of drug-likeness (QED) is 0.464. The topological polar surface area (TPSA) is 64.4 Å². The Morgan fingerprint density at radius 3 is 2.40 bits per heavy atom. The molecule has 30 heavy (non-hydrogen) atoms. The first-order valence-corrected chi connectivity index (χ1v) is 9.67. The summed E-state index contributed by atoms with van der Waals surface area (Å²) in [5, 5.41) is 6.37. The van der Waals surface area contributed by atoms with Gasteiger partial charge in [-0.3, -0.25) is 4.79 Å². The Hall–Kier alpha value is -3.93. The number of nitrogens with zero attached hydrogens (tertiary/aromatic N) is 3. The van der Waals surface area contributed by atoms with E-state index in [0.717, 1.165) is 16.5 Å². The van der Waals surface area contributed by atoms with Gasteiger partial charge in [0.1, 0.15) is 5.69 Å². The van der Waals surface area contributed by atoms with Crippen LogP contribution in [0.25, 0.3) is 16.5 Å². The number of benzene rings is 3. The second-order valence-electron chi connectivity index (χ2n) is 6.70. The number of hydrogen-bond acceptors (Lipinski definition) is 4. The molecular formula is C24H21N3O3. The lowest BCUT2D eigenvalue weighted by Gasteiger charge is -2.23. The summed E-state index contributed by atoms with van der Waals surface area (Å²) in [6.07, 6.45) is 0. The molecule has 1 heterocycles. The van der Waals surface area contributed by atoms with Gasteiger partial charge < -0.3 is 9.64 Å². The number of para-hydroxylation sites is 1. The number of carbonyl (C=O) groups excluding carboxylic acids is 2. The second kappa shape index (κ2) is 8.21. The van der Waals surface area contributed by atoms with Crippen molar-refractivity contribution in [3.63, 3.8) is 0 Å². The summed E-state index contributed by atoms with van der Waals surface area (Å²) in [6.45, 7) is 2.38. The Labute approximate surface area is 174 Å². The van der Waals surface area contributed by atoms with E-state index < -0.39 is 5.97 Å². The molecule has 1 aromatic heterocycles. The minimum Gasteiger partial charge on any atom is -0.464 e. The molecule has 6 heteroatoms. The number of methoxy groups -OCH3 is 1. The first-order chi connectivity index (χ1) is 14.6. The maximum Gasteiger partial charge on any atom is 0.358 e. The molecule has 0 aliphatic rings. The summed E-state index contributed by atoms with van der Waals surface area (Å²) in [4.78, 5) is 27.4. The van der Waals surface area contributed by atoms with E-state index in [-0.39, 0.29) is 17.3 Å². The number of fused-ring (bicyclic) bond motifs is 1. The molecule has 0 bridgehead atoms. The Kier molecular flexibility index (Phi) is 5.30. The molecule has 0 atom stereocenters. The van der Waals surface area contributed by atoms with Crippen molar-refractivity contribution in [2.24, 2.45) is 0 Å². The number of amides is 1. The number of aromatic nitrogens is 2. The van der Waals surface area contributed by atoms with E-state index >= 15 is 0 Å². The van der Waals surface area contributed by atoms with Crippen molar-refractivity contribution in [2.75, 3.05) is 18.6 Å². The molecule has 0 saturated heterocycles. The lowest BCUT2D eigenvalue weighted by molar-refractivity contribution is 0.0593. The highest BCUT2D eigenvalue weighted by atomic mass is 16.5. The van der Waals surface area contributed by atoms with Gasteiger partial charge in [0, 0.05) is 18.0 Å². The van der Waals surface area contributed by atoms with Crippen LogP contribution in [0.2, 0.25) is 0 Å². The Balaban J connectivity index is 1.85. The molecule has 0 aliphatic carbocycles. The Morgan fingerprint density at radius 2 is 1.67 bits per heavy atom. The summed E-state index contributed by atoms with van der Waals surface area (Å²) in [7, 11) is 1.29. The zero-order valence-corrected chi connectivity index (χ0v) is 16.8. The minimum absolute atomic E-state index is 0.0821. The van der Waals surface area contributed by atoms with Crippen molar-refractivity contribution in [3.05, 3.63) is 90.3 Å². The molecular weight excluding hydrogens is 378 g/mol. The summed E-state index contributed by atoms with van der Waals surface area (Å²) in [5.41, 5.74) is 1.86. The molecule has 0 radical (unpaired) electrons. The first-order valence-electron chi connectivity index (χ1n) is 9.67. The van der Waals surface area contributed by atoms with Crippen molar-refractivity contribution in [2.45, 2.75) is 6.92 Å². The number of carbonyl (C=O) groups is 2. The summed E-state index contributed by atoms with van der Waals surface area (Å²) < 4.78 is 6.30. The lowest BCUT2D eigenvalue weighted by Crippen LogP contribution is -2.32. The zero-order valence-electron chi connectivity index (χ0n) is 16.8. The molecule has 0 unspecified atom stereocenters. The fourth-order valence-corrected chi connectivity index (χ4v) is 3.51. The van der Waals surface area contributed by atoms with E-state index in [2.05, 4.69) is 5.10 Å². The molecule has 6 nitrogen and oxygen atoms in total. The van der Waals surface area contributed by atoms with Crippen LogP contribution in [-0.2, 0) is 4.74 Å². The third-order valence-corrected chi connectivity index (χ3v) is 4.94. The van der Waals surface area contributed by atoms with Crippen LogP contribution in [0.15, 0.2) is 78.9 Å². The van der Waals surface area contributed by atoms with Gasteiger partial charge in [-0.05, 0) is 30.5 Å². The van der Waals surface area contributed by atoms with Gasteiger partial charge in [-0.25, -0.2) is 9.48 Å². The van der Waals surface area contributed by atoms with Crippen molar-refractivity contribution in [3.8, 4) is 5.69 Å². The van der Waals surface area contributed by atoms with Crippen LogP contribution in [0.5, 0.6) is 0 Å². The number of ether oxygens (including phenoxy) is 1.